The molecule has 0 heterocycles. The van der Waals surface area contributed by atoms with Gasteiger partial charge in [-0.25, -0.2) is 0 Å². The SMILES string of the molecule is O=C(Nc1ccc(Cl)c(Cl)c1)c1cc(I)cc([N+](=O)[O-])c1. The number of non-ortho nitro benzene ring substituents is 1. The third kappa shape index (κ3) is 4.05. The number of amides is 1. The fourth-order valence-corrected chi connectivity index (χ4v) is 2.54. The summed E-state index contributed by atoms with van der Waals surface area (Å²) in [6.45, 7) is 0. The Labute approximate surface area is 143 Å². The molecule has 0 saturated heterocycles. The van der Waals surface area contributed by atoms with E-state index in [1.54, 1.807) is 18.2 Å². The molecule has 0 aromatic heterocycles. The van der Waals surface area contributed by atoms with Crippen LogP contribution in [-0.4, -0.2) is 10.8 Å². The molecule has 8 heteroatoms. The van der Waals surface area contributed by atoms with Gasteiger partial charge in [-0.15, -0.1) is 0 Å². The molecule has 2 aromatic carbocycles. The summed E-state index contributed by atoms with van der Waals surface area (Å²) in [5.41, 5.74) is 0.511. The maximum Gasteiger partial charge on any atom is 0.271 e. The van der Waals surface area contributed by atoms with Gasteiger partial charge in [-0.05, 0) is 46.9 Å². The van der Waals surface area contributed by atoms with Crippen LogP contribution in [-0.2, 0) is 0 Å². The molecule has 1 N–H and O–H groups in total. The van der Waals surface area contributed by atoms with Gasteiger partial charge in [0.1, 0.15) is 0 Å². The fourth-order valence-electron chi connectivity index (χ4n) is 1.59. The lowest BCUT2D eigenvalue weighted by Crippen LogP contribution is -2.12. The fraction of sp³-hybridized carbons (Fsp3) is 0. The van der Waals surface area contributed by atoms with Crippen molar-refractivity contribution >= 4 is 63.1 Å². The van der Waals surface area contributed by atoms with E-state index in [4.69, 9.17) is 23.2 Å². The molecular formula is C13H7Cl2IN2O3. The van der Waals surface area contributed by atoms with Crippen LogP contribution in [0.3, 0.4) is 0 Å². The van der Waals surface area contributed by atoms with Gasteiger partial charge in [0.25, 0.3) is 11.6 Å². The van der Waals surface area contributed by atoms with Crippen molar-refractivity contribution in [2.45, 2.75) is 0 Å². The van der Waals surface area contributed by atoms with Gasteiger partial charge in [-0.2, -0.15) is 0 Å². The average Bonchev–Trinajstić information content (AvgIpc) is 2.42. The molecule has 0 bridgehead atoms. The Bertz CT molecular complexity index is 737. The number of halogens is 3. The van der Waals surface area contributed by atoms with Crippen LogP contribution >= 0.6 is 45.8 Å². The lowest BCUT2D eigenvalue weighted by atomic mass is 10.2. The summed E-state index contributed by atoms with van der Waals surface area (Å²) < 4.78 is 0.598. The minimum absolute atomic E-state index is 0.138. The van der Waals surface area contributed by atoms with E-state index in [2.05, 4.69) is 5.32 Å². The molecule has 0 atom stereocenters. The molecule has 21 heavy (non-hydrogen) atoms. The van der Waals surface area contributed by atoms with Gasteiger partial charge in [0, 0.05) is 27.0 Å². The molecule has 2 rings (SSSR count). The Morgan fingerprint density at radius 1 is 1.14 bits per heavy atom. The van der Waals surface area contributed by atoms with Crippen molar-refractivity contribution in [3.05, 3.63) is 65.7 Å². The highest BCUT2D eigenvalue weighted by Gasteiger charge is 2.14. The Hall–Kier alpha value is -1.38. The lowest BCUT2D eigenvalue weighted by molar-refractivity contribution is -0.385. The van der Waals surface area contributed by atoms with Crippen molar-refractivity contribution in [3.63, 3.8) is 0 Å². The van der Waals surface area contributed by atoms with Crippen LogP contribution in [0.5, 0.6) is 0 Å². The molecule has 5 nitrogen and oxygen atoms in total. The van der Waals surface area contributed by atoms with E-state index in [1.807, 2.05) is 22.6 Å². The number of carbonyl (C=O) groups is 1. The Balaban J connectivity index is 2.27. The van der Waals surface area contributed by atoms with Crippen molar-refractivity contribution in [2.24, 2.45) is 0 Å². The van der Waals surface area contributed by atoms with Crippen LogP contribution in [0.4, 0.5) is 11.4 Å². The molecule has 0 unspecified atom stereocenters. The molecule has 0 spiro atoms. The minimum atomic E-state index is -0.544. The number of nitrogens with zero attached hydrogens (tertiary/aromatic N) is 1. The summed E-state index contributed by atoms with van der Waals surface area (Å²) in [5.74, 6) is -0.463. The number of hydrogen-bond acceptors (Lipinski definition) is 3. The number of rotatable bonds is 3. The molecule has 1 amide bonds. The molecular weight excluding hydrogens is 430 g/mol. The van der Waals surface area contributed by atoms with E-state index < -0.39 is 10.8 Å². The zero-order valence-electron chi connectivity index (χ0n) is 10.3. The molecule has 0 aliphatic rings. The monoisotopic (exact) mass is 436 g/mol. The Morgan fingerprint density at radius 2 is 1.86 bits per heavy atom. The van der Waals surface area contributed by atoms with Crippen LogP contribution in [0.15, 0.2) is 36.4 Å². The highest BCUT2D eigenvalue weighted by Crippen LogP contribution is 2.26. The highest BCUT2D eigenvalue weighted by atomic mass is 127. The first-order chi connectivity index (χ1) is 9.86. The van der Waals surface area contributed by atoms with Crippen LogP contribution in [0.1, 0.15) is 10.4 Å². The Morgan fingerprint density at radius 3 is 2.48 bits per heavy atom. The average molecular weight is 437 g/mol. The van der Waals surface area contributed by atoms with Gasteiger partial charge < -0.3 is 5.32 Å². The van der Waals surface area contributed by atoms with Gasteiger partial charge in [0.15, 0.2) is 0 Å². The second kappa shape index (κ2) is 6.59. The largest absolute Gasteiger partial charge is 0.322 e. The predicted octanol–water partition coefficient (Wildman–Crippen LogP) is 4.76. The second-order valence-corrected chi connectivity index (χ2v) is 6.10. The quantitative estimate of drug-likeness (QED) is 0.428. The third-order valence-electron chi connectivity index (χ3n) is 2.53. The molecule has 0 aliphatic heterocycles. The topological polar surface area (TPSA) is 72.2 Å². The number of nitro benzene ring substituents is 1. The van der Waals surface area contributed by atoms with Gasteiger partial charge in [-0.3, -0.25) is 14.9 Å². The van der Waals surface area contributed by atoms with Crippen LogP contribution in [0.25, 0.3) is 0 Å². The van der Waals surface area contributed by atoms with Crippen molar-refractivity contribution in [1.82, 2.24) is 0 Å². The van der Waals surface area contributed by atoms with E-state index in [1.165, 1.54) is 18.2 Å². The number of carbonyl (C=O) groups excluding carboxylic acids is 1. The van der Waals surface area contributed by atoms with Crippen LogP contribution in [0.2, 0.25) is 10.0 Å². The second-order valence-electron chi connectivity index (χ2n) is 4.04. The third-order valence-corrected chi connectivity index (χ3v) is 3.89. The molecule has 108 valence electrons. The van der Waals surface area contributed by atoms with Gasteiger partial charge in [0.2, 0.25) is 0 Å². The van der Waals surface area contributed by atoms with E-state index in [9.17, 15) is 14.9 Å². The summed E-state index contributed by atoms with van der Waals surface area (Å²) in [7, 11) is 0. The summed E-state index contributed by atoms with van der Waals surface area (Å²) in [6.07, 6.45) is 0. The minimum Gasteiger partial charge on any atom is -0.322 e. The zero-order chi connectivity index (χ0) is 15.6. The van der Waals surface area contributed by atoms with Gasteiger partial charge in [0.05, 0.1) is 15.0 Å². The number of benzene rings is 2. The van der Waals surface area contributed by atoms with Crippen molar-refractivity contribution in [2.75, 3.05) is 5.32 Å². The molecule has 0 saturated carbocycles. The first kappa shape index (κ1) is 16.0. The summed E-state index contributed by atoms with van der Waals surface area (Å²) in [6, 6.07) is 8.81. The van der Waals surface area contributed by atoms with Crippen LogP contribution < -0.4 is 5.32 Å². The maximum atomic E-state index is 12.1. The summed E-state index contributed by atoms with van der Waals surface area (Å²) >= 11 is 13.6. The number of nitro groups is 1. The Kier molecular flexibility index (Phi) is 5.02. The predicted molar refractivity (Wildman–Crippen MR) is 90.2 cm³/mol. The van der Waals surface area contributed by atoms with E-state index in [0.29, 0.717) is 19.3 Å². The van der Waals surface area contributed by atoms with Gasteiger partial charge >= 0.3 is 0 Å². The van der Waals surface area contributed by atoms with Crippen molar-refractivity contribution in [1.29, 1.82) is 0 Å². The first-order valence-corrected chi connectivity index (χ1v) is 7.41. The molecule has 0 aliphatic carbocycles. The van der Waals surface area contributed by atoms with E-state index in [0.717, 1.165) is 0 Å². The standard InChI is InChI=1S/C13H7Cl2IN2O3/c14-11-2-1-9(6-12(11)15)17-13(19)7-3-8(16)5-10(4-7)18(20)21/h1-6H,(H,17,19). The van der Waals surface area contributed by atoms with E-state index >= 15 is 0 Å². The smallest absolute Gasteiger partial charge is 0.271 e. The highest BCUT2D eigenvalue weighted by molar-refractivity contribution is 14.1. The number of anilines is 1. The molecule has 0 fully saturated rings. The van der Waals surface area contributed by atoms with Gasteiger partial charge in [-0.1, -0.05) is 23.2 Å². The summed E-state index contributed by atoms with van der Waals surface area (Å²) in [4.78, 5) is 22.4. The maximum absolute atomic E-state index is 12.1. The normalized spacial score (nSPS) is 10.2. The van der Waals surface area contributed by atoms with Crippen molar-refractivity contribution < 1.29 is 9.72 Å². The zero-order valence-corrected chi connectivity index (χ0v) is 13.9. The number of nitrogens with one attached hydrogen (secondary N) is 1. The van der Waals surface area contributed by atoms with Crippen molar-refractivity contribution in [3.8, 4) is 0 Å². The molecule has 2 aromatic rings. The van der Waals surface area contributed by atoms with E-state index in [-0.39, 0.29) is 11.3 Å². The lowest BCUT2D eigenvalue weighted by Gasteiger charge is -2.07. The van der Waals surface area contributed by atoms with Crippen LogP contribution in [0, 0.1) is 13.7 Å². The summed E-state index contributed by atoms with van der Waals surface area (Å²) in [5, 5.41) is 14.1. The molecule has 0 radical (unpaired) electrons. The number of hydrogen-bond donors (Lipinski definition) is 1. The first-order valence-electron chi connectivity index (χ1n) is 5.58.